The maximum absolute atomic E-state index is 13.2. The lowest BCUT2D eigenvalue weighted by Crippen LogP contribution is -2.27. The molecule has 0 bridgehead atoms. The number of thioether (sulfide) groups is 1. The van der Waals surface area contributed by atoms with Gasteiger partial charge in [-0.2, -0.15) is 22.0 Å². The molecule has 0 unspecified atom stereocenters. The third kappa shape index (κ3) is 13.8. The minimum absolute atomic E-state index is 0.255. The van der Waals surface area contributed by atoms with E-state index in [1.165, 1.54) is 12.1 Å². The fourth-order valence-electron chi connectivity index (χ4n) is 5.82. The third-order valence-corrected chi connectivity index (χ3v) is 9.69. The van der Waals surface area contributed by atoms with Crippen molar-refractivity contribution in [3.63, 3.8) is 0 Å². The van der Waals surface area contributed by atoms with E-state index in [0.717, 1.165) is 22.7 Å². The molecule has 16 nitrogen and oxygen atoms in total. The number of nitrogens with zero attached hydrogens (tertiary/aromatic N) is 5. The molecule has 0 fully saturated rings. The number of carbonyl (C=O) groups is 5. The lowest BCUT2D eigenvalue weighted by molar-refractivity contribution is -0.143. The van der Waals surface area contributed by atoms with Crippen molar-refractivity contribution in [2.75, 3.05) is 34.9 Å². The second-order valence-electron chi connectivity index (χ2n) is 14.9. The summed E-state index contributed by atoms with van der Waals surface area (Å²) in [5.74, 6) is -0.0286. The van der Waals surface area contributed by atoms with Crippen molar-refractivity contribution in [3.8, 4) is 0 Å². The van der Waals surface area contributed by atoms with Gasteiger partial charge in [-0.3, -0.25) is 24.5 Å². The summed E-state index contributed by atoms with van der Waals surface area (Å²) in [6.45, 7) is 5.95. The van der Waals surface area contributed by atoms with Gasteiger partial charge in [-0.15, -0.1) is 0 Å². The molecule has 0 radical (unpaired) electrons. The Balaban J connectivity index is 0.970. The summed E-state index contributed by atoms with van der Waals surface area (Å²) in [5, 5.41) is 19.5. The number of benzene rings is 2. The number of ether oxygens (including phenoxy) is 2. The summed E-state index contributed by atoms with van der Waals surface area (Å²) in [6, 6.07) is 22.1. The van der Waals surface area contributed by atoms with Gasteiger partial charge >= 0.3 is 12.1 Å². The molecule has 0 aliphatic heterocycles. The number of esters is 1. The second kappa shape index (κ2) is 20.9. The Kier molecular flexibility index (Phi) is 15.5. The van der Waals surface area contributed by atoms with E-state index in [4.69, 9.17) is 9.47 Å². The highest BCUT2D eigenvalue weighted by Gasteiger charge is 2.21. The predicted molar refractivity (Wildman–Crippen MR) is 232 cm³/mol. The highest BCUT2D eigenvalue weighted by molar-refractivity contribution is 7.98. The van der Waals surface area contributed by atoms with Crippen LogP contribution < -0.4 is 21.3 Å². The topological polar surface area (TPSA) is 191 Å². The highest BCUT2D eigenvalue weighted by Crippen LogP contribution is 2.22. The molecule has 17 heteroatoms. The first-order valence-electron chi connectivity index (χ1n) is 19.3. The van der Waals surface area contributed by atoms with Gasteiger partial charge in [-0.1, -0.05) is 30.3 Å². The molecule has 0 spiro atoms. The Morgan fingerprint density at radius 3 is 1.73 bits per heavy atom. The van der Waals surface area contributed by atoms with Gasteiger partial charge in [-0.25, -0.2) is 4.79 Å². The maximum Gasteiger partial charge on any atom is 0.412 e. The average molecular weight is 838 g/mol. The van der Waals surface area contributed by atoms with Crippen LogP contribution in [0.4, 0.5) is 33.2 Å². The molecule has 3 aromatic heterocycles. The summed E-state index contributed by atoms with van der Waals surface area (Å²) < 4.78 is 15.4. The fraction of sp³-hybridized carbons (Fsp3) is 0.326. The number of carbonyl (C=O) groups excluding carboxylic acids is 5. The molecule has 60 heavy (non-hydrogen) atoms. The summed E-state index contributed by atoms with van der Waals surface area (Å²) in [6.07, 6.45) is 5.58. The van der Waals surface area contributed by atoms with Crippen molar-refractivity contribution in [1.29, 1.82) is 0 Å². The monoisotopic (exact) mass is 837 g/mol. The number of anilines is 3. The zero-order valence-corrected chi connectivity index (χ0v) is 35.4. The van der Waals surface area contributed by atoms with Crippen molar-refractivity contribution in [1.82, 2.24) is 19.0 Å². The Hall–Kier alpha value is -6.62. The van der Waals surface area contributed by atoms with Gasteiger partial charge in [0.15, 0.2) is 0 Å². The normalized spacial score (nSPS) is 11.3. The molecule has 0 atom stereocenters. The van der Waals surface area contributed by atoms with Crippen LogP contribution in [0.1, 0.15) is 77.1 Å². The Morgan fingerprint density at radius 2 is 1.18 bits per heavy atom. The van der Waals surface area contributed by atoms with Gasteiger partial charge in [0.05, 0.1) is 28.4 Å². The summed E-state index contributed by atoms with van der Waals surface area (Å²) in [5.41, 5.74) is 4.11. The molecule has 3 heterocycles. The summed E-state index contributed by atoms with van der Waals surface area (Å²) in [7, 11) is 5.04. The van der Waals surface area contributed by atoms with Crippen molar-refractivity contribution < 1.29 is 33.4 Å². The van der Waals surface area contributed by atoms with Crippen LogP contribution in [0.5, 0.6) is 0 Å². The van der Waals surface area contributed by atoms with E-state index in [1.807, 2.05) is 54.6 Å². The number of rotatable bonds is 18. The Bertz CT molecular complexity index is 2310. The third-order valence-electron chi connectivity index (χ3n) is 8.70. The van der Waals surface area contributed by atoms with Crippen LogP contribution in [0.2, 0.25) is 0 Å². The van der Waals surface area contributed by atoms with Crippen molar-refractivity contribution >= 4 is 70.0 Å². The van der Waals surface area contributed by atoms with E-state index in [-0.39, 0.29) is 29.7 Å². The first-order chi connectivity index (χ1) is 28.6. The lowest BCUT2D eigenvalue weighted by atomic mass is 10.2. The van der Waals surface area contributed by atoms with Crippen LogP contribution in [0.15, 0.2) is 102 Å². The molecule has 0 saturated carbocycles. The first kappa shape index (κ1) is 44.5. The van der Waals surface area contributed by atoms with Gasteiger partial charge in [0.25, 0.3) is 17.7 Å². The molecule has 2 aromatic carbocycles. The molecule has 0 aliphatic rings. The standard InChI is InChI=1S/C43H51N9O7S/c1-43(2,3)59-42(57)47-34-24-37(52(6)27-34)41(56)46-33-23-36(51(5)26-33)40(55)45-32-22-35(50(4)25-32)39(54)44-19-11-10-14-38(53)58-20-21-60-28-29-15-17-31(18-16-29)49-48-30-12-8-7-9-13-30/h7-9,12-13,15-18,22-27H,10-11,14,19-21,28H2,1-6H3,(H,44,54)(H,45,55)(H,46,56)(H,47,57). The number of aromatic nitrogens is 3. The van der Waals surface area contributed by atoms with Crippen LogP contribution >= 0.6 is 11.8 Å². The van der Waals surface area contributed by atoms with Crippen molar-refractivity contribution in [2.45, 2.75) is 51.4 Å². The molecule has 0 aliphatic carbocycles. The van der Waals surface area contributed by atoms with Gasteiger partial charge in [0.2, 0.25) is 0 Å². The largest absolute Gasteiger partial charge is 0.465 e. The average Bonchev–Trinajstić information content (AvgIpc) is 3.88. The van der Waals surface area contributed by atoms with Gasteiger partial charge in [-0.05, 0) is 81.6 Å². The summed E-state index contributed by atoms with van der Waals surface area (Å²) >= 11 is 1.68. The van der Waals surface area contributed by atoms with E-state index in [1.54, 1.807) is 92.0 Å². The molecule has 5 aromatic rings. The number of hydrogen-bond donors (Lipinski definition) is 4. The Morgan fingerprint density at radius 1 is 0.667 bits per heavy atom. The fourth-order valence-corrected chi connectivity index (χ4v) is 6.59. The van der Waals surface area contributed by atoms with E-state index >= 15 is 0 Å². The molecule has 4 N–H and O–H groups in total. The van der Waals surface area contributed by atoms with E-state index < -0.39 is 23.5 Å². The smallest absolute Gasteiger partial charge is 0.412 e. The molecule has 316 valence electrons. The zero-order valence-electron chi connectivity index (χ0n) is 34.6. The van der Waals surface area contributed by atoms with Crippen molar-refractivity contribution in [3.05, 3.63) is 114 Å². The molecular weight excluding hydrogens is 787 g/mol. The van der Waals surface area contributed by atoms with Crippen LogP contribution in [0, 0.1) is 0 Å². The first-order valence-corrected chi connectivity index (χ1v) is 20.5. The number of azo groups is 1. The maximum atomic E-state index is 13.2. The molecular formula is C43H51N9O7S. The van der Waals surface area contributed by atoms with Crippen LogP contribution in [0.25, 0.3) is 0 Å². The minimum atomic E-state index is -0.675. The SMILES string of the molecule is Cn1cc(NC(=O)c2cc(NC(=O)c3cc(NC(=O)OC(C)(C)C)cn3C)cn2C)cc1C(=O)NCCCCC(=O)OCCSCc1ccc(N=Nc2ccccc2)cc1. The molecule has 5 rings (SSSR count). The lowest BCUT2D eigenvalue weighted by Gasteiger charge is -2.19. The van der Waals surface area contributed by atoms with Gasteiger partial charge in [0.1, 0.15) is 29.3 Å². The van der Waals surface area contributed by atoms with Gasteiger partial charge < -0.3 is 39.1 Å². The summed E-state index contributed by atoms with van der Waals surface area (Å²) in [4.78, 5) is 63.6. The van der Waals surface area contributed by atoms with Crippen LogP contribution in [0.3, 0.4) is 0 Å². The highest BCUT2D eigenvalue weighted by atomic mass is 32.2. The predicted octanol–water partition coefficient (Wildman–Crippen LogP) is 8.35. The zero-order chi connectivity index (χ0) is 43.2. The number of amides is 4. The van der Waals surface area contributed by atoms with E-state index in [9.17, 15) is 24.0 Å². The molecule has 0 saturated heterocycles. The van der Waals surface area contributed by atoms with E-state index in [2.05, 4.69) is 31.5 Å². The minimum Gasteiger partial charge on any atom is -0.465 e. The number of hydrogen-bond acceptors (Lipinski definition) is 10. The van der Waals surface area contributed by atoms with E-state index in [0.29, 0.717) is 54.5 Å². The van der Waals surface area contributed by atoms with Crippen LogP contribution in [-0.4, -0.2) is 68.0 Å². The van der Waals surface area contributed by atoms with Crippen LogP contribution in [-0.2, 0) is 41.2 Å². The number of aryl methyl sites for hydroxylation is 3. The van der Waals surface area contributed by atoms with Crippen molar-refractivity contribution in [2.24, 2.45) is 31.4 Å². The Labute approximate surface area is 353 Å². The molecule has 4 amide bonds. The number of unbranched alkanes of at least 4 members (excludes halogenated alkanes) is 1. The van der Waals surface area contributed by atoms with Gasteiger partial charge in [0, 0.05) is 64.2 Å². The number of nitrogens with one attached hydrogen (secondary N) is 4. The second-order valence-corrected chi connectivity index (χ2v) is 16.0. The quantitative estimate of drug-likeness (QED) is 0.0384.